The Kier molecular flexibility index (Phi) is 6.71. The summed E-state index contributed by atoms with van der Waals surface area (Å²) in [4.78, 5) is 15.4. The molecule has 2 aromatic carbocycles. The third-order valence-electron chi connectivity index (χ3n) is 6.34. The summed E-state index contributed by atoms with van der Waals surface area (Å²) in [5.74, 6) is 0.920. The van der Waals surface area contributed by atoms with Gasteiger partial charge < -0.3 is 14.4 Å². The van der Waals surface area contributed by atoms with E-state index < -0.39 is 10.0 Å². The minimum atomic E-state index is -3.71. The second-order valence-corrected chi connectivity index (χ2v) is 10.2. The van der Waals surface area contributed by atoms with Gasteiger partial charge in [0, 0.05) is 31.2 Å². The zero-order chi connectivity index (χ0) is 22.7. The number of hydrogen-bond acceptors (Lipinski definition) is 5. The average molecular weight is 459 g/mol. The predicted molar refractivity (Wildman–Crippen MR) is 122 cm³/mol. The van der Waals surface area contributed by atoms with Crippen LogP contribution in [0, 0.1) is 0 Å². The molecule has 1 amide bonds. The molecule has 2 heterocycles. The lowest BCUT2D eigenvalue weighted by atomic mass is 10.0. The normalized spacial score (nSPS) is 19.3. The molecular weight excluding hydrogens is 428 g/mol. The first-order valence-corrected chi connectivity index (χ1v) is 12.5. The van der Waals surface area contributed by atoms with E-state index in [0.717, 1.165) is 43.4 Å². The molecular formula is C24H30N2O5S. The monoisotopic (exact) mass is 458 g/mol. The summed E-state index contributed by atoms with van der Waals surface area (Å²) >= 11 is 0. The lowest BCUT2D eigenvalue weighted by Crippen LogP contribution is -2.37. The SMILES string of the molecule is COc1cccc(CC2CCCN2C(=O)c2ccc(OC)c(S(=O)(=O)N3CCCC3)c2)c1. The fourth-order valence-corrected chi connectivity index (χ4v) is 6.33. The number of rotatable bonds is 7. The molecule has 0 saturated carbocycles. The van der Waals surface area contributed by atoms with Crippen LogP contribution in [-0.2, 0) is 16.4 Å². The van der Waals surface area contributed by atoms with E-state index in [2.05, 4.69) is 0 Å². The van der Waals surface area contributed by atoms with E-state index in [-0.39, 0.29) is 22.6 Å². The first-order chi connectivity index (χ1) is 15.4. The van der Waals surface area contributed by atoms with Crippen molar-refractivity contribution >= 4 is 15.9 Å². The molecule has 172 valence electrons. The van der Waals surface area contributed by atoms with Crippen LogP contribution in [0.1, 0.15) is 41.6 Å². The maximum Gasteiger partial charge on any atom is 0.254 e. The van der Waals surface area contributed by atoms with Crippen molar-refractivity contribution in [3.63, 3.8) is 0 Å². The van der Waals surface area contributed by atoms with E-state index >= 15 is 0 Å². The van der Waals surface area contributed by atoms with Gasteiger partial charge in [0.2, 0.25) is 10.0 Å². The molecule has 1 unspecified atom stereocenters. The fraction of sp³-hybridized carbons (Fsp3) is 0.458. The third-order valence-corrected chi connectivity index (χ3v) is 8.26. The molecule has 2 fully saturated rings. The van der Waals surface area contributed by atoms with Gasteiger partial charge in [-0.3, -0.25) is 4.79 Å². The highest BCUT2D eigenvalue weighted by Crippen LogP contribution is 2.31. The summed E-state index contributed by atoms with van der Waals surface area (Å²) in [6, 6.07) is 12.7. The van der Waals surface area contributed by atoms with Crippen LogP contribution in [0.5, 0.6) is 11.5 Å². The average Bonchev–Trinajstić information content (AvgIpc) is 3.51. The number of likely N-dealkylation sites (tertiary alicyclic amines) is 1. The minimum absolute atomic E-state index is 0.0651. The molecule has 0 bridgehead atoms. The Labute approximate surface area is 190 Å². The molecule has 2 saturated heterocycles. The molecule has 32 heavy (non-hydrogen) atoms. The second-order valence-electron chi connectivity index (χ2n) is 8.33. The quantitative estimate of drug-likeness (QED) is 0.636. The Hall–Kier alpha value is -2.58. The van der Waals surface area contributed by atoms with E-state index in [1.165, 1.54) is 17.5 Å². The number of benzene rings is 2. The van der Waals surface area contributed by atoms with E-state index in [1.807, 2.05) is 29.2 Å². The van der Waals surface area contributed by atoms with Crippen molar-refractivity contribution in [3.8, 4) is 11.5 Å². The van der Waals surface area contributed by atoms with Crippen LogP contribution >= 0.6 is 0 Å². The molecule has 2 aromatic rings. The van der Waals surface area contributed by atoms with Crippen molar-refractivity contribution in [2.45, 2.75) is 43.0 Å². The molecule has 2 aliphatic heterocycles. The zero-order valence-corrected chi connectivity index (χ0v) is 19.4. The highest BCUT2D eigenvalue weighted by Gasteiger charge is 2.33. The number of nitrogens with zero attached hydrogens (tertiary/aromatic N) is 2. The van der Waals surface area contributed by atoms with E-state index in [1.54, 1.807) is 19.2 Å². The van der Waals surface area contributed by atoms with Gasteiger partial charge in [-0.2, -0.15) is 4.31 Å². The smallest absolute Gasteiger partial charge is 0.254 e. The number of amides is 1. The van der Waals surface area contributed by atoms with Gasteiger partial charge in [-0.05, 0) is 68.0 Å². The Morgan fingerprint density at radius 3 is 2.50 bits per heavy atom. The summed E-state index contributed by atoms with van der Waals surface area (Å²) in [6.45, 7) is 1.66. The Balaban J connectivity index is 1.59. The minimum Gasteiger partial charge on any atom is -0.497 e. The van der Waals surface area contributed by atoms with Crippen molar-refractivity contribution in [1.29, 1.82) is 0 Å². The summed E-state index contributed by atoms with van der Waals surface area (Å²) in [6.07, 6.45) is 4.27. The van der Waals surface area contributed by atoms with Gasteiger partial charge >= 0.3 is 0 Å². The van der Waals surface area contributed by atoms with Gasteiger partial charge in [0.25, 0.3) is 5.91 Å². The van der Waals surface area contributed by atoms with Crippen LogP contribution in [0.4, 0.5) is 0 Å². The number of carbonyl (C=O) groups is 1. The maximum absolute atomic E-state index is 13.4. The number of carbonyl (C=O) groups excluding carboxylic acids is 1. The van der Waals surface area contributed by atoms with Crippen molar-refractivity contribution in [2.75, 3.05) is 33.9 Å². The van der Waals surface area contributed by atoms with Crippen molar-refractivity contribution < 1.29 is 22.7 Å². The number of ether oxygens (including phenoxy) is 2. The Morgan fingerprint density at radius 1 is 1.00 bits per heavy atom. The van der Waals surface area contributed by atoms with E-state index in [4.69, 9.17) is 9.47 Å². The summed E-state index contributed by atoms with van der Waals surface area (Å²) in [5.41, 5.74) is 1.49. The maximum atomic E-state index is 13.4. The van der Waals surface area contributed by atoms with Gasteiger partial charge in [-0.15, -0.1) is 0 Å². The molecule has 4 rings (SSSR count). The number of methoxy groups -OCH3 is 2. The summed E-state index contributed by atoms with van der Waals surface area (Å²) in [7, 11) is -0.617. The van der Waals surface area contributed by atoms with Gasteiger partial charge in [0.1, 0.15) is 16.4 Å². The first kappa shape index (κ1) is 22.6. The lowest BCUT2D eigenvalue weighted by molar-refractivity contribution is 0.0736. The van der Waals surface area contributed by atoms with Crippen molar-refractivity contribution in [3.05, 3.63) is 53.6 Å². The lowest BCUT2D eigenvalue weighted by Gasteiger charge is -2.26. The van der Waals surface area contributed by atoms with E-state index in [0.29, 0.717) is 25.2 Å². The van der Waals surface area contributed by atoms with Crippen LogP contribution in [0.2, 0.25) is 0 Å². The Morgan fingerprint density at radius 2 is 1.78 bits per heavy atom. The van der Waals surface area contributed by atoms with Gasteiger partial charge in [-0.1, -0.05) is 12.1 Å². The molecule has 0 radical (unpaired) electrons. The standard InChI is InChI=1S/C24H30N2O5S/c1-30-21-9-5-7-18(16-21)15-20-8-6-14-26(20)24(27)19-10-11-22(31-2)23(17-19)32(28,29)25-12-3-4-13-25/h5,7,9-11,16-17,20H,3-4,6,8,12-15H2,1-2H3. The van der Waals surface area contributed by atoms with Gasteiger partial charge in [0.15, 0.2) is 0 Å². The van der Waals surface area contributed by atoms with Gasteiger partial charge in [-0.25, -0.2) is 8.42 Å². The summed E-state index contributed by atoms with van der Waals surface area (Å²) < 4.78 is 38.5. The number of sulfonamides is 1. The third kappa shape index (κ3) is 4.47. The van der Waals surface area contributed by atoms with Crippen LogP contribution < -0.4 is 9.47 Å². The second kappa shape index (κ2) is 9.50. The molecule has 1 atom stereocenters. The largest absolute Gasteiger partial charge is 0.497 e. The molecule has 0 N–H and O–H groups in total. The molecule has 0 aromatic heterocycles. The highest BCUT2D eigenvalue weighted by atomic mass is 32.2. The summed E-state index contributed by atoms with van der Waals surface area (Å²) in [5, 5.41) is 0. The predicted octanol–water partition coefficient (Wildman–Crippen LogP) is 3.34. The highest BCUT2D eigenvalue weighted by molar-refractivity contribution is 7.89. The fourth-order valence-electron chi connectivity index (χ4n) is 4.63. The van der Waals surface area contributed by atoms with Crippen LogP contribution in [0.15, 0.2) is 47.4 Å². The zero-order valence-electron chi connectivity index (χ0n) is 18.6. The molecule has 0 spiro atoms. The Bertz CT molecular complexity index is 1080. The van der Waals surface area contributed by atoms with Gasteiger partial charge in [0.05, 0.1) is 14.2 Å². The van der Waals surface area contributed by atoms with Crippen molar-refractivity contribution in [1.82, 2.24) is 9.21 Å². The molecule has 7 nitrogen and oxygen atoms in total. The number of hydrogen-bond donors (Lipinski definition) is 0. The van der Waals surface area contributed by atoms with E-state index in [9.17, 15) is 13.2 Å². The van der Waals surface area contributed by atoms with Crippen LogP contribution in [0.25, 0.3) is 0 Å². The molecule has 0 aliphatic carbocycles. The molecule has 2 aliphatic rings. The topological polar surface area (TPSA) is 76.1 Å². The first-order valence-electron chi connectivity index (χ1n) is 11.1. The van der Waals surface area contributed by atoms with Crippen LogP contribution in [0.3, 0.4) is 0 Å². The molecule has 8 heteroatoms. The van der Waals surface area contributed by atoms with Crippen molar-refractivity contribution in [2.24, 2.45) is 0 Å². The van der Waals surface area contributed by atoms with Crippen LogP contribution in [-0.4, -0.2) is 63.4 Å².